The fourth-order valence-electron chi connectivity index (χ4n) is 2.37. The molecule has 1 N–H and O–H groups in total. The highest BCUT2D eigenvalue weighted by Gasteiger charge is 2.37. The smallest absolute Gasteiger partial charge is 0.451 e. The number of alkyl halides is 3. The van der Waals surface area contributed by atoms with E-state index in [2.05, 4.69) is 15.5 Å². The number of rotatable bonds is 5. The molecule has 1 amide bonds. The highest BCUT2D eigenvalue weighted by molar-refractivity contribution is 7.99. The molecule has 0 unspecified atom stereocenters. The van der Waals surface area contributed by atoms with E-state index in [4.69, 9.17) is 9.47 Å². The van der Waals surface area contributed by atoms with Crippen LogP contribution in [0.25, 0.3) is 0 Å². The van der Waals surface area contributed by atoms with Gasteiger partial charge >= 0.3 is 6.18 Å². The molecular formula is C15H15F3N4O3S. The lowest BCUT2D eigenvalue weighted by molar-refractivity contribution is -0.147. The van der Waals surface area contributed by atoms with Crippen molar-refractivity contribution >= 4 is 17.7 Å². The first-order valence-corrected chi connectivity index (χ1v) is 8.52. The minimum atomic E-state index is -4.59. The lowest BCUT2D eigenvalue weighted by Gasteiger charge is -2.14. The zero-order valence-electron chi connectivity index (χ0n) is 13.8. The molecule has 1 aromatic heterocycles. The molecule has 0 saturated carbocycles. The van der Waals surface area contributed by atoms with Crippen LogP contribution in [-0.4, -0.2) is 33.2 Å². The molecular weight excluding hydrogens is 373 g/mol. The summed E-state index contributed by atoms with van der Waals surface area (Å²) in [5, 5.41) is 9.39. The fourth-order valence-corrected chi connectivity index (χ4v) is 3.09. The van der Waals surface area contributed by atoms with Gasteiger partial charge in [-0.15, -0.1) is 10.2 Å². The molecule has 11 heteroatoms. The van der Waals surface area contributed by atoms with Crippen molar-refractivity contribution in [3.63, 3.8) is 0 Å². The summed E-state index contributed by atoms with van der Waals surface area (Å²) in [5.41, 5.74) is 0.825. The van der Waals surface area contributed by atoms with Crippen molar-refractivity contribution in [2.24, 2.45) is 7.05 Å². The second-order valence-corrected chi connectivity index (χ2v) is 6.50. The molecule has 1 aliphatic rings. The van der Waals surface area contributed by atoms with E-state index in [-0.39, 0.29) is 29.7 Å². The van der Waals surface area contributed by atoms with E-state index in [1.165, 1.54) is 7.05 Å². The molecule has 0 radical (unpaired) electrons. The van der Waals surface area contributed by atoms with Crippen molar-refractivity contribution in [3.05, 3.63) is 29.6 Å². The number of halogens is 3. The Labute approximate surface area is 150 Å². The maximum atomic E-state index is 12.7. The Morgan fingerprint density at radius 2 is 2.08 bits per heavy atom. The van der Waals surface area contributed by atoms with Crippen molar-refractivity contribution in [3.8, 4) is 11.5 Å². The van der Waals surface area contributed by atoms with E-state index in [9.17, 15) is 18.0 Å². The number of nitrogens with zero attached hydrogens (tertiary/aromatic N) is 3. The summed E-state index contributed by atoms with van der Waals surface area (Å²) in [5.74, 6) is -0.271. The molecule has 0 fully saturated rings. The average molecular weight is 388 g/mol. The first-order chi connectivity index (χ1) is 12.3. The Bertz CT molecular complexity index is 825. The van der Waals surface area contributed by atoms with Crippen LogP contribution >= 0.6 is 11.8 Å². The van der Waals surface area contributed by atoms with Crippen molar-refractivity contribution in [2.75, 3.05) is 12.5 Å². The van der Waals surface area contributed by atoms with Crippen molar-refractivity contribution in [1.29, 1.82) is 0 Å². The molecule has 2 heterocycles. The van der Waals surface area contributed by atoms with Crippen LogP contribution in [0.4, 0.5) is 13.2 Å². The fraction of sp³-hybridized carbons (Fsp3) is 0.400. The van der Waals surface area contributed by atoms with E-state index < -0.39 is 12.0 Å². The predicted octanol–water partition coefficient (Wildman–Crippen LogP) is 2.53. The van der Waals surface area contributed by atoms with Gasteiger partial charge in [-0.2, -0.15) is 13.2 Å². The summed E-state index contributed by atoms with van der Waals surface area (Å²) in [4.78, 5) is 12.1. The number of hydrogen-bond donors (Lipinski definition) is 1. The van der Waals surface area contributed by atoms with Crippen LogP contribution in [0.3, 0.4) is 0 Å². The molecule has 26 heavy (non-hydrogen) atoms. The number of fused-ring (bicyclic) bond motifs is 1. The Morgan fingerprint density at radius 3 is 2.77 bits per heavy atom. The molecule has 0 bridgehead atoms. The Balaban J connectivity index is 1.57. The molecule has 0 saturated heterocycles. The monoisotopic (exact) mass is 388 g/mol. The minimum absolute atomic E-state index is 0.0169. The topological polar surface area (TPSA) is 78.3 Å². The van der Waals surface area contributed by atoms with Crippen molar-refractivity contribution in [1.82, 2.24) is 20.1 Å². The number of carbonyl (C=O) groups is 1. The molecule has 0 aliphatic carbocycles. The number of nitrogens with one attached hydrogen (secondary N) is 1. The largest absolute Gasteiger partial charge is 0.454 e. The lowest BCUT2D eigenvalue weighted by atomic mass is 10.1. The van der Waals surface area contributed by atoms with Gasteiger partial charge in [0.1, 0.15) is 0 Å². The van der Waals surface area contributed by atoms with E-state index in [0.29, 0.717) is 11.5 Å². The summed E-state index contributed by atoms with van der Waals surface area (Å²) in [6.45, 7) is 1.96. The molecule has 0 spiro atoms. The van der Waals surface area contributed by atoms with Gasteiger partial charge in [0, 0.05) is 7.05 Å². The molecule has 3 rings (SSSR count). The maximum Gasteiger partial charge on any atom is 0.451 e. The standard InChI is InChI=1S/C15H15F3N4O3S/c1-8(9-3-4-10-11(5-9)25-7-24-10)19-12(23)6-26-14-21-20-13(22(14)2)15(16,17)18/h3-5,8H,6-7H2,1-2H3,(H,19,23)/t8-/m0/s1. The molecule has 1 aromatic carbocycles. The van der Waals surface area contributed by atoms with Gasteiger partial charge in [0.15, 0.2) is 16.7 Å². The van der Waals surface area contributed by atoms with Crippen LogP contribution in [0, 0.1) is 0 Å². The number of thioether (sulfide) groups is 1. The van der Waals surface area contributed by atoms with Gasteiger partial charge in [-0.1, -0.05) is 17.8 Å². The number of carbonyl (C=O) groups excluding carboxylic acids is 1. The molecule has 1 atom stereocenters. The van der Waals surface area contributed by atoms with Crippen LogP contribution in [0.5, 0.6) is 11.5 Å². The van der Waals surface area contributed by atoms with E-state index in [1.54, 1.807) is 19.1 Å². The van der Waals surface area contributed by atoms with Gasteiger partial charge in [-0.25, -0.2) is 0 Å². The quantitative estimate of drug-likeness (QED) is 0.794. The van der Waals surface area contributed by atoms with Gasteiger partial charge in [-0.3, -0.25) is 4.79 Å². The van der Waals surface area contributed by atoms with Gasteiger partial charge in [-0.05, 0) is 24.6 Å². The van der Waals surface area contributed by atoms with Crippen LogP contribution in [0.2, 0.25) is 0 Å². The summed E-state index contributed by atoms with van der Waals surface area (Å²) in [6.07, 6.45) is -4.59. The Morgan fingerprint density at radius 1 is 1.35 bits per heavy atom. The predicted molar refractivity (Wildman–Crippen MR) is 85.9 cm³/mol. The lowest BCUT2D eigenvalue weighted by Crippen LogP contribution is -2.28. The molecule has 2 aromatic rings. The third-order valence-corrected chi connectivity index (χ3v) is 4.72. The summed E-state index contributed by atoms with van der Waals surface area (Å²) in [7, 11) is 1.21. The number of aromatic nitrogens is 3. The number of benzene rings is 1. The summed E-state index contributed by atoms with van der Waals surface area (Å²) >= 11 is 0.882. The average Bonchev–Trinajstić information content (AvgIpc) is 3.17. The van der Waals surface area contributed by atoms with Gasteiger partial charge < -0.3 is 19.4 Å². The number of hydrogen-bond acceptors (Lipinski definition) is 6. The summed E-state index contributed by atoms with van der Waals surface area (Å²) in [6, 6.07) is 5.04. The number of amides is 1. The zero-order valence-corrected chi connectivity index (χ0v) is 14.6. The second-order valence-electron chi connectivity index (χ2n) is 5.55. The summed E-state index contributed by atoms with van der Waals surface area (Å²) < 4.78 is 49.4. The Kier molecular flexibility index (Phi) is 4.99. The first kappa shape index (κ1) is 18.4. The SMILES string of the molecule is C[C@H](NC(=O)CSc1nnc(C(F)(F)F)n1C)c1ccc2c(c1)OCO2. The maximum absolute atomic E-state index is 12.7. The highest BCUT2D eigenvalue weighted by Crippen LogP contribution is 2.34. The van der Waals surface area contributed by atoms with Crippen molar-refractivity contribution in [2.45, 2.75) is 24.3 Å². The van der Waals surface area contributed by atoms with Gasteiger partial charge in [0.25, 0.3) is 0 Å². The minimum Gasteiger partial charge on any atom is -0.454 e. The molecule has 1 aliphatic heterocycles. The van der Waals surface area contributed by atoms with Crippen LogP contribution in [0.1, 0.15) is 24.4 Å². The van der Waals surface area contributed by atoms with Gasteiger partial charge in [0.05, 0.1) is 11.8 Å². The third-order valence-electron chi connectivity index (χ3n) is 3.69. The van der Waals surface area contributed by atoms with Crippen molar-refractivity contribution < 1.29 is 27.4 Å². The highest BCUT2D eigenvalue weighted by atomic mass is 32.2. The first-order valence-electron chi connectivity index (χ1n) is 7.54. The van der Waals surface area contributed by atoms with Crippen LogP contribution in [0.15, 0.2) is 23.4 Å². The second kappa shape index (κ2) is 7.06. The third kappa shape index (κ3) is 3.87. The van der Waals surface area contributed by atoms with E-state index in [1.807, 2.05) is 6.07 Å². The molecule has 140 valence electrons. The number of ether oxygens (including phenoxy) is 2. The van der Waals surface area contributed by atoms with E-state index in [0.717, 1.165) is 21.9 Å². The normalized spacial score (nSPS) is 14.3. The van der Waals surface area contributed by atoms with Crippen LogP contribution in [-0.2, 0) is 18.0 Å². The zero-order chi connectivity index (χ0) is 18.9. The van der Waals surface area contributed by atoms with Gasteiger partial charge in [0.2, 0.25) is 18.5 Å². The molecule has 7 nitrogen and oxygen atoms in total. The van der Waals surface area contributed by atoms with Crippen LogP contribution < -0.4 is 14.8 Å². The van der Waals surface area contributed by atoms with E-state index >= 15 is 0 Å². The Hall–Kier alpha value is -2.43.